The highest BCUT2D eigenvalue weighted by atomic mass is 32.2. The van der Waals surface area contributed by atoms with E-state index in [1.54, 1.807) is 0 Å². The SMILES string of the molecule is CNS(=O)(=O)C(C)N. The van der Waals surface area contributed by atoms with Crippen LogP contribution in [-0.4, -0.2) is 20.8 Å². The smallest absolute Gasteiger partial charge is 0.226 e. The molecule has 0 bridgehead atoms. The first-order valence-corrected chi connectivity index (χ1v) is 3.73. The van der Waals surface area contributed by atoms with E-state index in [4.69, 9.17) is 5.73 Å². The van der Waals surface area contributed by atoms with E-state index in [-0.39, 0.29) is 0 Å². The fraction of sp³-hybridized carbons (Fsp3) is 1.00. The van der Waals surface area contributed by atoms with Crippen molar-refractivity contribution in [2.75, 3.05) is 7.05 Å². The number of hydrogen-bond acceptors (Lipinski definition) is 3. The lowest BCUT2D eigenvalue weighted by Crippen LogP contribution is -2.35. The Hall–Kier alpha value is -0.130. The van der Waals surface area contributed by atoms with E-state index in [1.165, 1.54) is 14.0 Å². The van der Waals surface area contributed by atoms with Crippen molar-refractivity contribution in [1.82, 2.24) is 4.72 Å². The quantitative estimate of drug-likeness (QED) is 0.505. The third-order valence-electron chi connectivity index (χ3n) is 0.774. The fourth-order valence-corrected chi connectivity index (χ4v) is 0.558. The van der Waals surface area contributed by atoms with Crippen LogP contribution in [0, 0.1) is 0 Å². The average Bonchev–Trinajstić information content (AvgIpc) is 1.67. The van der Waals surface area contributed by atoms with Crippen molar-refractivity contribution < 1.29 is 8.42 Å². The van der Waals surface area contributed by atoms with E-state index in [2.05, 4.69) is 4.72 Å². The van der Waals surface area contributed by atoms with Crippen LogP contribution >= 0.6 is 0 Å². The highest BCUT2D eigenvalue weighted by Gasteiger charge is 2.11. The van der Waals surface area contributed by atoms with E-state index in [9.17, 15) is 8.42 Å². The Labute approximate surface area is 49.1 Å². The number of rotatable bonds is 2. The summed E-state index contributed by atoms with van der Waals surface area (Å²) in [6.07, 6.45) is 0. The average molecular weight is 138 g/mol. The molecule has 50 valence electrons. The predicted molar refractivity (Wildman–Crippen MR) is 31.6 cm³/mol. The van der Waals surface area contributed by atoms with Gasteiger partial charge >= 0.3 is 0 Å². The van der Waals surface area contributed by atoms with Crippen LogP contribution in [0.1, 0.15) is 6.92 Å². The van der Waals surface area contributed by atoms with Gasteiger partial charge in [-0.3, -0.25) is 0 Å². The van der Waals surface area contributed by atoms with Gasteiger partial charge in [-0.25, -0.2) is 13.1 Å². The minimum absolute atomic E-state index is 0.826. The molecule has 0 aliphatic rings. The van der Waals surface area contributed by atoms with Gasteiger partial charge in [0.05, 0.1) is 0 Å². The molecular weight excluding hydrogens is 128 g/mol. The van der Waals surface area contributed by atoms with Gasteiger partial charge in [0.1, 0.15) is 5.37 Å². The monoisotopic (exact) mass is 138 g/mol. The second kappa shape index (κ2) is 2.43. The Kier molecular flexibility index (Phi) is 2.39. The Morgan fingerprint density at radius 1 is 1.62 bits per heavy atom. The first-order valence-electron chi connectivity index (χ1n) is 2.18. The van der Waals surface area contributed by atoms with Crippen LogP contribution < -0.4 is 10.5 Å². The highest BCUT2D eigenvalue weighted by Crippen LogP contribution is 1.85. The fourth-order valence-electron chi connectivity index (χ4n) is 0.186. The van der Waals surface area contributed by atoms with Gasteiger partial charge in [-0.05, 0) is 14.0 Å². The Balaban J connectivity index is 4.17. The molecule has 5 heteroatoms. The maximum atomic E-state index is 10.5. The van der Waals surface area contributed by atoms with E-state index >= 15 is 0 Å². The van der Waals surface area contributed by atoms with E-state index in [1.807, 2.05) is 0 Å². The first-order chi connectivity index (χ1) is 3.50. The third kappa shape index (κ3) is 1.77. The predicted octanol–water partition coefficient (Wildman–Crippen LogP) is -1.16. The molecule has 0 fully saturated rings. The van der Waals surface area contributed by atoms with E-state index in [0.717, 1.165) is 0 Å². The van der Waals surface area contributed by atoms with Gasteiger partial charge in [0.2, 0.25) is 10.0 Å². The highest BCUT2D eigenvalue weighted by molar-refractivity contribution is 7.90. The van der Waals surface area contributed by atoms with Gasteiger partial charge in [-0.15, -0.1) is 0 Å². The van der Waals surface area contributed by atoms with Crippen LogP contribution in [0.4, 0.5) is 0 Å². The summed E-state index contributed by atoms with van der Waals surface area (Å²) < 4.78 is 23.0. The van der Waals surface area contributed by atoms with Gasteiger partial charge in [-0.2, -0.15) is 0 Å². The number of nitrogens with one attached hydrogen (secondary N) is 1. The third-order valence-corrected chi connectivity index (χ3v) is 2.32. The second-order valence-corrected chi connectivity index (χ2v) is 3.70. The van der Waals surface area contributed by atoms with Crippen molar-refractivity contribution in [2.24, 2.45) is 5.73 Å². The Morgan fingerprint density at radius 3 is 2.00 bits per heavy atom. The van der Waals surface area contributed by atoms with Gasteiger partial charge in [0.25, 0.3) is 0 Å². The van der Waals surface area contributed by atoms with E-state index in [0.29, 0.717) is 0 Å². The molecule has 0 saturated carbocycles. The summed E-state index contributed by atoms with van der Waals surface area (Å²) in [7, 11) is -1.88. The number of hydrogen-bond donors (Lipinski definition) is 2. The molecular formula is C3H10N2O2S. The number of sulfonamides is 1. The maximum Gasteiger partial charge on any atom is 0.226 e. The lowest BCUT2D eigenvalue weighted by Gasteiger charge is -2.03. The molecule has 3 N–H and O–H groups in total. The zero-order chi connectivity index (χ0) is 6.78. The zero-order valence-electron chi connectivity index (χ0n) is 4.88. The summed E-state index contributed by atoms with van der Waals surface area (Å²) in [6.45, 7) is 1.41. The standard InChI is InChI=1S/C3H10N2O2S/c1-3(4)8(6,7)5-2/h3,5H,4H2,1-2H3. The first kappa shape index (κ1) is 7.87. The molecule has 0 spiro atoms. The molecule has 0 heterocycles. The lowest BCUT2D eigenvalue weighted by molar-refractivity contribution is 0.577. The molecule has 0 rings (SSSR count). The molecule has 0 saturated heterocycles. The Bertz CT molecular complexity index is 149. The molecule has 0 aliphatic heterocycles. The molecule has 8 heavy (non-hydrogen) atoms. The summed E-state index contributed by atoms with van der Waals surface area (Å²) in [5, 5.41) is -0.826. The topological polar surface area (TPSA) is 72.2 Å². The lowest BCUT2D eigenvalue weighted by atomic mass is 10.8. The van der Waals surface area contributed by atoms with Crippen molar-refractivity contribution in [1.29, 1.82) is 0 Å². The molecule has 1 atom stereocenters. The minimum atomic E-state index is -3.21. The summed E-state index contributed by atoms with van der Waals surface area (Å²) in [6, 6.07) is 0. The molecule has 0 aromatic heterocycles. The molecule has 0 aromatic rings. The maximum absolute atomic E-state index is 10.5. The normalized spacial score (nSPS) is 15.9. The summed E-state index contributed by atoms with van der Waals surface area (Å²) in [5.74, 6) is 0. The second-order valence-electron chi connectivity index (χ2n) is 1.45. The van der Waals surface area contributed by atoms with Crippen molar-refractivity contribution in [2.45, 2.75) is 12.3 Å². The molecule has 0 aromatic carbocycles. The van der Waals surface area contributed by atoms with E-state index < -0.39 is 15.4 Å². The van der Waals surface area contributed by atoms with Crippen LogP contribution in [-0.2, 0) is 10.0 Å². The van der Waals surface area contributed by atoms with Crippen molar-refractivity contribution in [3.05, 3.63) is 0 Å². The van der Waals surface area contributed by atoms with Gasteiger partial charge in [0, 0.05) is 0 Å². The largest absolute Gasteiger partial charge is 0.314 e. The van der Waals surface area contributed by atoms with Crippen LogP contribution in [0.3, 0.4) is 0 Å². The molecule has 1 unspecified atom stereocenters. The van der Waals surface area contributed by atoms with Gasteiger partial charge in [-0.1, -0.05) is 0 Å². The van der Waals surface area contributed by atoms with Gasteiger partial charge in [0.15, 0.2) is 0 Å². The van der Waals surface area contributed by atoms with Gasteiger partial charge < -0.3 is 5.73 Å². The van der Waals surface area contributed by atoms with Crippen molar-refractivity contribution >= 4 is 10.0 Å². The van der Waals surface area contributed by atoms with Crippen molar-refractivity contribution in [3.63, 3.8) is 0 Å². The molecule has 0 aliphatic carbocycles. The van der Waals surface area contributed by atoms with Crippen LogP contribution in [0.2, 0.25) is 0 Å². The molecule has 0 radical (unpaired) electrons. The van der Waals surface area contributed by atoms with Crippen LogP contribution in [0.25, 0.3) is 0 Å². The summed E-state index contributed by atoms with van der Waals surface area (Å²) in [5.41, 5.74) is 5.03. The van der Waals surface area contributed by atoms with Crippen molar-refractivity contribution in [3.8, 4) is 0 Å². The van der Waals surface area contributed by atoms with Crippen LogP contribution in [0.5, 0.6) is 0 Å². The summed E-state index contributed by atoms with van der Waals surface area (Å²) in [4.78, 5) is 0. The minimum Gasteiger partial charge on any atom is -0.314 e. The molecule has 0 amide bonds. The summed E-state index contributed by atoms with van der Waals surface area (Å²) >= 11 is 0. The number of nitrogens with two attached hydrogens (primary N) is 1. The zero-order valence-corrected chi connectivity index (χ0v) is 5.70. The Morgan fingerprint density at radius 2 is 2.00 bits per heavy atom. The molecule has 4 nitrogen and oxygen atoms in total. The van der Waals surface area contributed by atoms with Crippen LogP contribution in [0.15, 0.2) is 0 Å².